The summed E-state index contributed by atoms with van der Waals surface area (Å²) < 4.78 is 0. The highest BCUT2D eigenvalue weighted by Crippen LogP contribution is 2.15. The van der Waals surface area contributed by atoms with Crippen molar-refractivity contribution in [3.05, 3.63) is 47.5 Å². The number of nitrogens with zero attached hydrogens (tertiary/aromatic N) is 1. The van der Waals surface area contributed by atoms with E-state index in [4.69, 9.17) is 5.73 Å². The first kappa shape index (κ1) is 14.6. The van der Waals surface area contributed by atoms with Crippen LogP contribution in [0.25, 0.3) is 0 Å². The van der Waals surface area contributed by atoms with E-state index in [1.165, 1.54) is 12.5 Å². The topological polar surface area (TPSA) is 121 Å². The van der Waals surface area contributed by atoms with Gasteiger partial charge in [0.2, 0.25) is 0 Å². The van der Waals surface area contributed by atoms with E-state index in [0.717, 1.165) is 0 Å². The number of aromatic nitrogens is 2. The van der Waals surface area contributed by atoms with E-state index in [2.05, 4.69) is 15.3 Å². The first-order valence-electron chi connectivity index (χ1n) is 6.35. The van der Waals surface area contributed by atoms with Crippen LogP contribution in [0.4, 0.5) is 5.69 Å². The van der Waals surface area contributed by atoms with Crippen molar-refractivity contribution >= 4 is 17.6 Å². The van der Waals surface area contributed by atoms with Crippen molar-refractivity contribution in [2.24, 2.45) is 0 Å². The van der Waals surface area contributed by atoms with Crippen LogP contribution in [0.5, 0.6) is 0 Å². The van der Waals surface area contributed by atoms with E-state index >= 15 is 0 Å². The molecular weight excluding hydrogens is 272 g/mol. The molecular formula is C14H16N4O3. The minimum absolute atomic E-state index is 0.127. The zero-order valence-electron chi connectivity index (χ0n) is 11.5. The van der Waals surface area contributed by atoms with E-state index in [0.29, 0.717) is 22.5 Å². The number of amides is 1. The lowest BCUT2D eigenvalue weighted by atomic mass is 10.1. The molecule has 7 nitrogen and oxygen atoms in total. The molecule has 1 amide bonds. The van der Waals surface area contributed by atoms with Crippen LogP contribution in [0, 0.1) is 6.92 Å². The molecule has 0 aliphatic rings. The van der Waals surface area contributed by atoms with Crippen LogP contribution in [-0.4, -0.2) is 33.0 Å². The van der Waals surface area contributed by atoms with Gasteiger partial charge < -0.3 is 21.1 Å². The lowest BCUT2D eigenvalue weighted by molar-refractivity contribution is -0.139. The second-order valence-corrected chi connectivity index (χ2v) is 4.67. The molecule has 7 heteroatoms. The van der Waals surface area contributed by atoms with Crippen LogP contribution >= 0.6 is 0 Å². The highest BCUT2D eigenvalue weighted by Gasteiger charge is 2.22. The Kier molecular flexibility index (Phi) is 4.22. The maximum atomic E-state index is 12.2. The number of nitrogens with two attached hydrogens (primary N) is 1. The van der Waals surface area contributed by atoms with Crippen LogP contribution in [0.3, 0.4) is 0 Å². The maximum absolute atomic E-state index is 12.2. The molecule has 0 aliphatic carbocycles. The minimum atomic E-state index is -1.11. The van der Waals surface area contributed by atoms with E-state index in [1.807, 2.05) is 0 Å². The number of rotatable bonds is 5. The summed E-state index contributed by atoms with van der Waals surface area (Å²) in [6.45, 7) is 1.72. The van der Waals surface area contributed by atoms with Gasteiger partial charge in [0.25, 0.3) is 5.91 Å². The third-order valence-corrected chi connectivity index (χ3v) is 3.20. The number of carbonyl (C=O) groups excluding carboxylic acids is 1. The molecule has 2 rings (SSSR count). The largest absolute Gasteiger partial charge is 0.480 e. The summed E-state index contributed by atoms with van der Waals surface area (Å²) in [5.74, 6) is -1.58. The number of carboxylic acid groups (broad SMARTS) is 1. The number of benzene rings is 1. The van der Waals surface area contributed by atoms with E-state index < -0.39 is 17.9 Å². The van der Waals surface area contributed by atoms with Crippen molar-refractivity contribution in [3.8, 4) is 0 Å². The van der Waals surface area contributed by atoms with Crippen LogP contribution in [0.1, 0.15) is 21.6 Å². The fraction of sp³-hybridized carbons (Fsp3) is 0.214. The summed E-state index contributed by atoms with van der Waals surface area (Å²) >= 11 is 0. The molecule has 1 atom stereocenters. The number of carbonyl (C=O) groups is 2. The fourth-order valence-electron chi connectivity index (χ4n) is 1.95. The van der Waals surface area contributed by atoms with Crippen LogP contribution < -0.4 is 11.1 Å². The Bertz CT molecular complexity index is 652. The highest BCUT2D eigenvalue weighted by molar-refractivity contribution is 5.98. The molecule has 1 unspecified atom stereocenters. The second kappa shape index (κ2) is 6.08. The zero-order valence-corrected chi connectivity index (χ0v) is 11.5. The number of aliphatic carboxylic acids is 1. The van der Waals surface area contributed by atoms with Crippen molar-refractivity contribution < 1.29 is 14.7 Å². The quantitative estimate of drug-likeness (QED) is 0.604. The van der Waals surface area contributed by atoms with Gasteiger partial charge in [0.15, 0.2) is 0 Å². The molecule has 21 heavy (non-hydrogen) atoms. The molecule has 0 saturated carbocycles. The summed E-state index contributed by atoms with van der Waals surface area (Å²) in [5.41, 5.74) is 7.86. The average Bonchev–Trinajstić information content (AvgIpc) is 2.93. The van der Waals surface area contributed by atoms with Crippen LogP contribution in [-0.2, 0) is 11.2 Å². The summed E-state index contributed by atoms with van der Waals surface area (Å²) in [6.07, 6.45) is 3.11. The van der Waals surface area contributed by atoms with Gasteiger partial charge in [0.05, 0.1) is 6.33 Å². The van der Waals surface area contributed by atoms with Gasteiger partial charge in [0.1, 0.15) is 6.04 Å². The molecule has 1 aromatic carbocycles. The number of aromatic amines is 1. The molecule has 5 N–H and O–H groups in total. The number of anilines is 1. The van der Waals surface area contributed by atoms with Gasteiger partial charge in [-0.1, -0.05) is 6.07 Å². The molecule has 0 bridgehead atoms. The van der Waals surface area contributed by atoms with Crippen molar-refractivity contribution in [1.29, 1.82) is 0 Å². The van der Waals surface area contributed by atoms with Crippen molar-refractivity contribution in [2.75, 3.05) is 5.73 Å². The molecule has 0 fully saturated rings. The first-order chi connectivity index (χ1) is 9.99. The first-order valence-corrected chi connectivity index (χ1v) is 6.35. The van der Waals surface area contributed by atoms with Crippen LogP contribution in [0.2, 0.25) is 0 Å². The normalized spacial score (nSPS) is 11.9. The zero-order chi connectivity index (χ0) is 15.4. The highest BCUT2D eigenvalue weighted by atomic mass is 16.4. The number of hydrogen-bond donors (Lipinski definition) is 4. The standard InChI is InChI=1S/C14H16N4O3/c1-8-10(3-2-4-11(8)15)13(19)18-12(14(20)21)5-9-6-16-7-17-9/h2-4,6-7,12H,5,15H2,1H3,(H,16,17)(H,18,19)(H,20,21). The van der Waals surface area contributed by atoms with Crippen LogP contribution in [0.15, 0.2) is 30.7 Å². The molecule has 2 aromatic rings. The second-order valence-electron chi connectivity index (χ2n) is 4.67. The number of H-pyrrole nitrogens is 1. The SMILES string of the molecule is Cc1c(N)cccc1C(=O)NC(Cc1cnc[nH]1)C(=O)O. The molecule has 1 aromatic heterocycles. The minimum Gasteiger partial charge on any atom is -0.480 e. The smallest absolute Gasteiger partial charge is 0.326 e. The Labute approximate surface area is 121 Å². The Balaban J connectivity index is 2.15. The molecule has 0 saturated heterocycles. The average molecular weight is 288 g/mol. The van der Waals surface area contributed by atoms with Gasteiger partial charge in [0, 0.05) is 29.6 Å². The summed E-state index contributed by atoms with van der Waals surface area (Å²) in [4.78, 5) is 30.1. The molecule has 0 aliphatic heterocycles. The molecule has 0 radical (unpaired) electrons. The maximum Gasteiger partial charge on any atom is 0.326 e. The van der Waals surface area contributed by atoms with Gasteiger partial charge in [-0.3, -0.25) is 4.79 Å². The monoisotopic (exact) mass is 288 g/mol. The number of imidazole rings is 1. The third-order valence-electron chi connectivity index (χ3n) is 3.20. The Morgan fingerprint density at radius 2 is 2.24 bits per heavy atom. The predicted molar refractivity (Wildman–Crippen MR) is 76.8 cm³/mol. The van der Waals surface area contributed by atoms with Gasteiger partial charge in [-0.05, 0) is 24.6 Å². The number of nitrogens with one attached hydrogen (secondary N) is 2. The van der Waals surface area contributed by atoms with Gasteiger partial charge >= 0.3 is 5.97 Å². The fourth-order valence-corrected chi connectivity index (χ4v) is 1.95. The van der Waals surface area contributed by atoms with E-state index in [1.54, 1.807) is 25.1 Å². The lowest BCUT2D eigenvalue weighted by Crippen LogP contribution is -2.42. The third kappa shape index (κ3) is 3.38. The van der Waals surface area contributed by atoms with Gasteiger partial charge in [-0.15, -0.1) is 0 Å². The summed E-state index contributed by atoms with van der Waals surface area (Å²) in [6, 6.07) is 3.91. The Hall–Kier alpha value is -2.83. The molecule has 1 heterocycles. The molecule has 110 valence electrons. The van der Waals surface area contributed by atoms with E-state index in [-0.39, 0.29) is 6.42 Å². The Morgan fingerprint density at radius 3 is 2.86 bits per heavy atom. The summed E-state index contributed by atoms with van der Waals surface area (Å²) in [5, 5.41) is 11.7. The summed E-state index contributed by atoms with van der Waals surface area (Å²) in [7, 11) is 0. The number of carboxylic acids is 1. The van der Waals surface area contributed by atoms with Gasteiger partial charge in [-0.2, -0.15) is 0 Å². The number of nitrogen functional groups attached to an aromatic ring is 1. The predicted octanol–water partition coefficient (Wildman–Crippen LogP) is 0.726. The Morgan fingerprint density at radius 1 is 1.48 bits per heavy atom. The van der Waals surface area contributed by atoms with Crippen molar-refractivity contribution in [2.45, 2.75) is 19.4 Å². The van der Waals surface area contributed by atoms with Gasteiger partial charge in [-0.25, -0.2) is 9.78 Å². The lowest BCUT2D eigenvalue weighted by Gasteiger charge is -2.15. The van der Waals surface area contributed by atoms with Crippen molar-refractivity contribution in [1.82, 2.24) is 15.3 Å². The molecule has 0 spiro atoms. The van der Waals surface area contributed by atoms with Crippen molar-refractivity contribution in [3.63, 3.8) is 0 Å². The number of hydrogen-bond acceptors (Lipinski definition) is 4. The van der Waals surface area contributed by atoms with E-state index in [9.17, 15) is 14.7 Å².